The van der Waals surface area contributed by atoms with Gasteiger partial charge in [-0.05, 0) is 31.4 Å². The first-order valence-electron chi connectivity index (χ1n) is 11.3. The second-order valence-electron chi connectivity index (χ2n) is 9.54. The molecule has 0 spiro atoms. The molecule has 2 N–H and O–H groups in total. The van der Waals surface area contributed by atoms with Crippen LogP contribution >= 0.6 is 23.1 Å². The van der Waals surface area contributed by atoms with Crippen LogP contribution in [-0.4, -0.2) is 51.8 Å². The Kier molecular flexibility index (Phi) is 4.18. The zero-order valence-electron chi connectivity index (χ0n) is 19.0. The molecule has 3 aliphatic carbocycles. The van der Waals surface area contributed by atoms with Gasteiger partial charge in [-0.2, -0.15) is 0 Å². The number of benzene rings is 1. The molecule has 0 radical (unpaired) electrons. The molecular formula is C24H21FN4O4S2. The van der Waals surface area contributed by atoms with Crippen molar-refractivity contribution in [2.75, 3.05) is 19.5 Å². The van der Waals surface area contributed by atoms with Crippen LogP contribution in [0, 0.1) is 24.7 Å². The van der Waals surface area contributed by atoms with Crippen molar-refractivity contribution in [3.8, 4) is 11.6 Å². The first kappa shape index (κ1) is 21.4. The molecule has 7 rings (SSSR count). The number of thioether (sulfide) groups is 1. The number of pyridine rings is 1. The molecule has 35 heavy (non-hydrogen) atoms. The molecule has 1 saturated heterocycles. The number of carbonyl (C=O) groups excluding carboxylic acids is 2. The number of aryl methyl sites for hydroxylation is 1. The molecule has 8 nitrogen and oxygen atoms in total. The van der Waals surface area contributed by atoms with E-state index in [4.69, 9.17) is 9.47 Å². The summed E-state index contributed by atoms with van der Waals surface area (Å²) in [5.74, 6) is 0.247. The number of hydrogen-bond donors (Lipinski definition) is 2. The van der Waals surface area contributed by atoms with Gasteiger partial charge in [0.05, 0.1) is 52.4 Å². The zero-order chi connectivity index (χ0) is 24.3. The third-order valence-electron chi connectivity index (χ3n) is 8.07. The lowest BCUT2D eigenvalue weighted by molar-refractivity contribution is -0.304. The molecule has 1 aliphatic heterocycles. The summed E-state index contributed by atoms with van der Waals surface area (Å²) >= 11 is 2.76. The molecule has 180 valence electrons. The first-order valence-corrected chi connectivity index (χ1v) is 13.0. The van der Waals surface area contributed by atoms with Crippen LogP contribution in [0.5, 0.6) is 11.6 Å². The number of fused-ring (bicyclic) bond motifs is 3. The summed E-state index contributed by atoms with van der Waals surface area (Å²) in [5.41, 5.74) is 1.20. The number of thiazole rings is 1. The largest absolute Gasteiger partial charge is 0.496 e. The molecule has 4 fully saturated rings. The topological polar surface area (TPSA) is 102 Å². The molecule has 3 saturated carbocycles. The molecule has 2 amide bonds. The molecule has 3 aromatic rings. The number of aromatic nitrogens is 2. The van der Waals surface area contributed by atoms with Crippen molar-refractivity contribution in [1.29, 1.82) is 0 Å². The number of rotatable bonds is 6. The molecule has 0 bridgehead atoms. The minimum atomic E-state index is -1.06. The number of nitrogens with zero attached hydrogens (tertiary/aromatic N) is 2. The average molecular weight is 513 g/mol. The Labute approximate surface area is 208 Å². The fraction of sp³-hybridized carbons (Fsp3) is 0.417. The summed E-state index contributed by atoms with van der Waals surface area (Å²) in [6, 6.07) is 5.02. The van der Waals surface area contributed by atoms with Crippen LogP contribution in [0.25, 0.3) is 10.2 Å². The normalized spacial score (nSPS) is 32.8. The van der Waals surface area contributed by atoms with Gasteiger partial charge in [-0.1, -0.05) is 0 Å². The minimum Gasteiger partial charge on any atom is -0.496 e. The fourth-order valence-corrected chi connectivity index (χ4v) is 9.50. The number of nitrogens with one attached hydrogen (secondary N) is 2. The number of halogens is 1. The van der Waals surface area contributed by atoms with E-state index >= 15 is 0 Å². The number of methoxy groups -OCH3 is 2. The van der Waals surface area contributed by atoms with E-state index in [9.17, 15) is 14.0 Å². The van der Waals surface area contributed by atoms with Gasteiger partial charge in [-0.15, -0.1) is 23.1 Å². The lowest BCUT2D eigenvalue weighted by Crippen LogP contribution is -2.99. The van der Waals surface area contributed by atoms with Crippen LogP contribution in [0.3, 0.4) is 0 Å². The SMILES string of the molecule is COc1cc(C(=O)NC23CC4C2C2C3SC42F)c(NC(=O)c2c(OC)ccc3nc(C)sc23)cn1. The highest BCUT2D eigenvalue weighted by Gasteiger charge is 2.95. The first-order chi connectivity index (χ1) is 16.8. The van der Waals surface area contributed by atoms with Crippen molar-refractivity contribution < 1.29 is 23.5 Å². The van der Waals surface area contributed by atoms with Crippen molar-refractivity contribution in [2.24, 2.45) is 17.8 Å². The number of carbonyl (C=O) groups is 2. The van der Waals surface area contributed by atoms with Crippen LogP contribution in [0.1, 0.15) is 32.1 Å². The van der Waals surface area contributed by atoms with E-state index in [1.54, 1.807) is 6.07 Å². The van der Waals surface area contributed by atoms with Gasteiger partial charge in [0, 0.05) is 23.2 Å². The van der Waals surface area contributed by atoms with Gasteiger partial charge in [0.15, 0.2) is 5.00 Å². The van der Waals surface area contributed by atoms with E-state index in [1.807, 2.05) is 13.0 Å². The Morgan fingerprint density at radius 1 is 1.20 bits per heavy atom. The number of ether oxygens (including phenoxy) is 2. The number of anilines is 1. The molecule has 4 aliphatic rings. The van der Waals surface area contributed by atoms with E-state index < -0.39 is 10.9 Å². The summed E-state index contributed by atoms with van der Waals surface area (Å²) in [6.45, 7) is 1.87. The Bertz CT molecular complexity index is 1450. The third kappa shape index (κ3) is 2.52. The van der Waals surface area contributed by atoms with Crippen LogP contribution in [0.2, 0.25) is 0 Å². The van der Waals surface area contributed by atoms with E-state index in [0.29, 0.717) is 28.0 Å². The van der Waals surface area contributed by atoms with Crippen LogP contribution in [0.15, 0.2) is 24.4 Å². The summed E-state index contributed by atoms with van der Waals surface area (Å²) in [4.78, 5) is 35.6. The predicted molar refractivity (Wildman–Crippen MR) is 130 cm³/mol. The smallest absolute Gasteiger partial charge is 0.261 e. The van der Waals surface area contributed by atoms with Crippen LogP contribution < -0.4 is 20.1 Å². The fourth-order valence-electron chi connectivity index (χ4n) is 6.50. The van der Waals surface area contributed by atoms with E-state index in [1.165, 1.54) is 49.6 Å². The van der Waals surface area contributed by atoms with Crippen molar-refractivity contribution in [3.63, 3.8) is 0 Å². The van der Waals surface area contributed by atoms with Crippen molar-refractivity contribution in [2.45, 2.75) is 29.1 Å². The van der Waals surface area contributed by atoms with Gasteiger partial charge in [0.2, 0.25) is 5.88 Å². The van der Waals surface area contributed by atoms with E-state index in [-0.39, 0.29) is 51.6 Å². The van der Waals surface area contributed by atoms with Crippen molar-refractivity contribution in [1.82, 2.24) is 15.3 Å². The number of hydrogen-bond acceptors (Lipinski definition) is 8. The Morgan fingerprint density at radius 3 is 2.69 bits per heavy atom. The maximum absolute atomic E-state index is 14.6. The molecule has 6 unspecified atom stereocenters. The van der Waals surface area contributed by atoms with Gasteiger partial charge >= 0.3 is 0 Å². The lowest BCUT2D eigenvalue weighted by atomic mass is 9.30. The molecule has 6 atom stereocenters. The quantitative estimate of drug-likeness (QED) is 0.518. The monoisotopic (exact) mass is 512 g/mol. The van der Waals surface area contributed by atoms with E-state index in [0.717, 1.165) is 5.01 Å². The lowest BCUT2D eigenvalue weighted by Gasteiger charge is -2.90. The number of alkyl halides is 1. The molecule has 1 aromatic carbocycles. The molecular weight excluding hydrogens is 491 g/mol. The predicted octanol–water partition coefficient (Wildman–Crippen LogP) is 3.80. The summed E-state index contributed by atoms with van der Waals surface area (Å²) in [5, 5.41) is 5.92. The second kappa shape index (κ2) is 6.85. The van der Waals surface area contributed by atoms with Gasteiger partial charge in [0.25, 0.3) is 11.8 Å². The second-order valence-corrected chi connectivity index (χ2v) is 12.1. The van der Waals surface area contributed by atoms with Crippen molar-refractivity contribution >= 4 is 50.8 Å². The van der Waals surface area contributed by atoms with Crippen LogP contribution in [-0.2, 0) is 0 Å². The van der Waals surface area contributed by atoms with E-state index in [2.05, 4.69) is 20.6 Å². The summed E-state index contributed by atoms with van der Waals surface area (Å²) in [6.07, 6.45) is 2.08. The Morgan fingerprint density at radius 2 is 2.03 bits per heavy atom. The summed E-state index contributed by atoms with van der Waals surface area (Å²) in [7, 11) is 2.97. The molecule has 2 aromatic heterocycles. The van der Waals surface area contributed by atoms with Crippen LogP contribution in [0.4, 0.5) is 10.1 Å². The van der Waals surface area contributed by atoms with Gasteiger partial charge in [-0.25, -0.2) is 14.4 Å². The minimum absolute atomic E-state index is 0.0461. The standard InChI is InChI=1S/C24H21FN4O4S2/c1-9-27-12-4-5-14(32-2)16(19(12)34-9)22(31)28-13-8-26-15(33-3)6-10(13)21(30)29-23-7-11-17(23)18-20(23)35-24(11,18)25/h4-6,8,11,17-18,20H,7H2,1-3H3,(H,28,31)(H,29,30). The Balaban J connectivity index is 1.20. The average Bonchev–Trinajstić information content (AvgIpc) is 3.22. The van der Waals surface area contributed by atoms with Gasteiger partial charge < -0.3 is 20.1 Å². The van der Waals surface area contributed by atoms with Gasteiger partial charge in [-0.3, -0.25) is 9.59 Å². The highest BCUT2D eigenvalue weighted by molar-refractivity contribution is 8.03. The highest BCUT2D eigenvalue weighted by Crippen LogP contribution is 2.90. The maximum Gasteiger partial charge on any atom is 0.261 e. The van der Waals surface area contributed by atoms with Crippen molar-refractivity contribution in [3.05, 3.63) is 40.5 Å². The molecule has 3 heterocycles. The highest BCUT2D eigenvalue weighted by atomic mass is 32.2. The summed E-state index contributed by atoms with van der Waals surface area (Å²) < 4.78 is 26.0. The Hall–Kier alpha value is -2.92. The maximum atomic E-state index is 14.6. The van der Waals surface area contributed by atoms with Gasteiger partial charge in [0.1, 0.15) is 11.3 Å². The zero-order valence-corrected chi connectivity index (χ0v) is 20.7. The number of amides is 2. The molecule has 11 heteroatoms. The third-order valence-corrected chi connectivity index (χ3v) is 11.0.